The monoisotopic (exact) mass is 476 g/mol. The molecule has 0 aromatic heterocycles. The van der Waals surface area contributed by atoms with E-state index >= 15 is 0 Å². The van der Waals surface area contributed by atoms with E-state index in [1.807, 2.05) is 0 Å². The van der Waals surface area contributed by atoms with Gasteiger partial charge in [0.2, 0.25) is 0 Å². The number of halogens is 11. The average Bonchev–Trinajstić information content (AvgIpc) is 2.63. The summed E-state index contributed by atoms with van der Waals surface area (Å²) in [7, 11) is 0.739. The van der Waals surface area contributed by atoms with Crippen molar-refractivity contribution in [2.45, 2.75) is 56.2 Å². The highest BCUT2D eigenvalue weighted by atomic mass is 19.4. The fourth-order valence-electron chi connectivity index (χ4n) is 2.37. The minimum atomic E-state index is -7.44. The van der Waals surface area contributed by atoms with Gasteiger partial charge in [0.15, 0.2) is 0 Å². The van der Waals surface area contributed by atoms with Crippen molar-refractivity contribution >= 4 is 0 Å². The van der Waals surface area contributed by atoms with Crippen molar-refractivity contribution in [1.82, 2.24) is 0 Å². The predicted octanol–water partition coefficient (Wildman–Crippen LogP) is 6.90. The molecule has 1 rings (SSSR count). The number of methoxy groups -OCH3 is 1. The zero-order chi connectivity index (χ0) is 24.5. The topological polar surface area (TPSA) is 18.5 Å². The third-order valence-electron chi connectivity index (χ3n) is 4.14. The van der Waals surface area contributed by atoms with Gasteiger partial charge in [-0.3, -0.25) is 0 Å². The number of ether oxygens (including phenoxy) is 2. The minimum absolute atomic E-state index is 0.0439. The largest absolute Gasteiger partial charge is 0.493 e. The van der Waals surface area contributed by atoms with Gasteiger partial charge in [0.05, 0.1) is 12.7 Å². The Kier molecular flexibility index (Phi) is 7.90. The number of hydrogen-bond acceptors (Lipinski definition) is 2. The summed E-state index contributed by atoms with van der Waals surface area (Å²) in [5.74, 6) is -27.8. The van der Waals surface area contributed by atoms with Crippen LogP contribution >= 0.6 is 0 Å². The maximum atomic E-state index is 14.1. The molecule has 0 spiro atoms. The van der Waals surface area contributed by atoms with Crippen LogP contribution in [0.3, 0.4) is 0 Å². The molecule has 0 N–H and O–H groups in total. The molecule has 0 radical (unpaired) electrons. The lowest BCUT2D eigenvalue weighted by Gasteiger charge is -2.38. The smallest absolute Gasteiger partial charge is 0.460 e. The van der Waals surface area contributed by atoms with Crippen molar-refractivity contribution in [3.63, 3.8) is 0 Å². The second-order valence-corrected chi connectivity index (χ2v) is 7.13. The normalized spacial score (nSPS) is 15.3. The minimum Gasteiger partial charge on any atom is -0.493 e. The summed E-state index contributed by atoms with van der Waals surface area (Å²) in [4.78, 5) is 0. The summed E-state index contributed by atoms with van der Waals surface area (Å²) in [6, 6.07) is 4.74. The molecule has 180 valence electrons. The highest BCUT2D eigenvalue weighted by molar-refractivity contribution is 5.30. The Labute approximate surface area is 170 Å². The van der Waals surface area contributed by atoms with Crippen molar-refractivity contribution in [2.24, 2.45) is 5.92 Å². The van der Waals surface area contributed by atoms with Gasteiger partial charge >= 0.3 is 29.9 Å². The van der Waals surface area contributed by atoms with E-state index in [1.165, 1.54) is 12.1 Å². The van der Waals surface area contributed by atoms with Crippen LogP contribution in [-0.4, -0.2) is 43.6 Å². The zero-order valence-corrected chi connectivity index (χ0v) is 16.4. The predicted molar refractivity (Wildman–Crippen MR) is 87.0 cm³/mol. The molecule has 31 heavy (non-hydrogen) atoms. The Bertz CT molecular complexity index is 729. The van der Waals surface area contributed by atoms with Crippen LogP contribution in [0.5, 0.6) is 5.75 Å². The fourth-order valence-corrected chi connectivity index (χ4v) is 2.37. The average molecular weight is 476 g/mol. The number of rotatable bonds is 10. The molecular weight excluding hydrogens is 457 g/mol. The summed E-state index contributed by atoms with van der Waals surface area (Å²) in [6.07, 6.45) is -11.6. The highest BCUT2D eigenvalue weighted by Gasteiger charge is 2.87. The van der Waals surface area contributed by atoms with Gasteiger partial charge in [0.25, 0.3) is 0 Å². The molecule has 0 saturated carbocycles. The molecule has 1 aromatic carbocycles. The Morgan fingerprint density at radius 1 is 0.806 bits per heavy atom. The van der Waals surface area contributed by atoms with E-state index in [0.29, 0.717) is 0 Å². The maximum Gasteiger partial charge on any atom is 0.460 e. The highest BCUT2D eigenvalue weighted by Crippen LogP contribution is 2.58. The van der Waals surface area contributed by atoms with E-state index < -0.39 is 42.4 Å². The van der Waals surface area contributed by atoms with Gasteiger partial charge in [-0.1, -0.05) is 26.0 Å². The van der Waals surface area contributed by atoms with Crippen LogP contribution < -0.4 is 4.74 Å². The molecule has 0 aliphatic heterocycles. The molecular formula is C18H19F11O2. The molecule has 1 atom stereocenters. The molecule has 0 amide bonds. The third-order valence-corrected chi connectivity index (χ3v) is 4.14. The molecule has 0 fully saturated rings. The van der Waals surface area contributed by atoms with Crippen molar-refractivity contribution in [3.8, 4) is 5.75 Å². The second-order valence-electron chi connectivity index (χ2n) is 7.13. The van der Waals surface area contributed by atoms with E-state index in [4.69, 9.17) is 4.74 Å². The first-order chi connectivity index (χ1) is 13.8. The van der Waals surface area contributed by atoms with Crippen molar-refractivity contribution < 1.29 is 57.8 Å². The van der Waals surface area contributed by atoms with Crippen LogP contribution in [0.2, 0.25) is 0 Å². The van der Waals surface area contributed by atoms with Crippen molar-refractivity contribution in [2.75, 3.05) is 13.7 Å². The van der Waals surface area contributed by atoms with E-state index in [9.17, 15) is 48.3 Å². The summed E-state index contributed by atoms with van der Waals surface area (Å²) in [5, 5.41) is 0. The van der Waals surface area contributed by atoms with Gasteiger partial charge in [-0.05, 0) is 23.6 Å². The number of alkyl halides is 11. The van der Waals surface area contributed by atoms with Crippen LogP contribution in [0.4, 0.5) is 48.3 Å². The molecule has 0 aliphatic rings. The van der Waals surface area contributed by atoms with Crippen molar-refractivity contribution in [3.05, 3.63) is 29.8 Å². The Morgan fingerprint density at radius 2 is 1.35 bits per heavy atom. The van der Waals surface area contributed by atoms with E-state index in [0.717, 1.165) is 19.2 Å². The molecule has 0 heterocycles. The fraction of sp³-hybridized carbons (Fsp3) is 0.667. The van der Waals surface area contributed by atoms with Gasteiger partial charge in [-0.25, -0.2) is 0 Å². The Morgan fingerprint density at radius 3 is 1.81 bits per heavy atom. The van der Waals surface area contributed by atoms with Gasteiger partial charge in [0.1, 0.15) is 5.75 Å². The first-order valence-corrected chi connectivity index (χ1v) is 8.65. The molecule has 1 aromatic rings. The van der Waals surface area contributed by atoms with E-state index in [1.54, 1.807) is 13.8 Å². The van der Waals surface area contributed by atoms with Gasteiger partial charge < -0.3 is 9.47 Å². The summed E-state index contributed by atoms with van der Waals surface area (Å²) in [5.41, 5.74) is -0.273. The standard InChI is InChI=1S/C18H19F11O2/c1-10(2)9-31-12-6-4-5-11(7-12)13(30-3)8-14(19,20)15(21,22)16(23,24)17(25,26)18(27,28)29/h4-7,10,13H,8-9H2,1-3H3. The first kappa shape index (κ1) is 27.2. The van der Waals surface area contributed by atoms with Crippen LogP contribution in [0.15, 0.2) is 24.3 Å². The molecule has 2 nitrogen and oxygen atoms in total. The van der Waals surface area contributed by atoms with Gasteiger partial charge in [-0.15, -0.1) is 0 Å². The maximum absolute atomic E-state index is 14.1. The second kappa shape index (κ2) is 8.99. The summed E-state index contributed by atoms with van der Waals surface area (Å²) < 4.78 is 155. The number of hydrogen-bond donors (Lipinski definition) is 0. The Hall–Kier alpha value is -1.79. The van der Waals surface area contributed by atoms with E-state index in [2.05, 4.69) is 4.74 Å². The lowest BCUT2D eigenvalue weighted by molar-refractivity contribution is -0.423. The first-order valence-electron chi connectivity index (χ1n) is 8.65. The molecule has 0 bridgehead atoms. The Balaban J connectivity index is 3.24. The van der Waals surface area contributed by atoms with Crippen LogP contribution in [0.1, 0.15) is 31.9 Å². The molecule has 13 heteroatoms. The molecule has 1 unspecified atom stereocenters. The van der Waals surface area contributed by atoms with Gasteiger partial charge in [-0.2, -0.15) is 48.3 Å². The zero-order valence-electron chi connectivity index (χ0n) is 16.4. The van der Waals surface area contributed by atoms with Crippen LogP contribution in [0.25, 0.3) is 0 Å². The third kappa shape index (κ3) is 5.35. The van der Waals surface area contributed by atoms with Gasteiger partial charge in [0, 0.05) is 13.5 Å². The molecule has 0 aliphatic carbocycles. The lowest BCUT2D eigenvalue weighted by Crippen LogP contribution is -2.66. The van der Waals surface area contributed by atoms with Crippen LogP contribution in [0, 0.1) is 5.92 Å². The quantitative estimate of drug-likeness (QED) is 0.342. The van der Waals surface area contributed by atoms with Crippen LogP contribution in [-0.2, 0) is 4.74 Å². The summed E-state index contributed by atoms with van der Waals surface area (Å²) >= 11 is 0. The summed E-state index contributed by atoms with van der Waals surface area (Å²) in [6.45, 7) is 3.73. The number of benzene rings is 1. The SMILES string of the molecule is COC(CC(F)(F)C(F)(F)C(F)(F)C(F)(F)C(F)(F)F)c1cccc(OCC(C)C)c1. The van der Waals surface area contributed by atoms with E-state index in [-0.39, 0.29) is 23.8 Å². The molecule has 0 saturated heterocycles. The van der Waals surface area contributed by atoms with Crippen molar-refractivity contribution in [1.29, 1.82) is 0 Å². The lowest BCUT2D eigenvalue weighted by atomic mass is 9.92.